The number of benzene rings is 1. The summed E-state index contributed by atoms with van der Waals surface area (Å²) in [5, 5.41) is 2.95. The Morgan fingerprint density at radius 1 is 1.29 bits per heavy atom. The van der Waals surface area contributed by atoms with Gasteiger partial charge in [0.2, 0.25) is 0 Å². The predicted octanol–water partition coefficient (Wildman–Crippen LogP) is 2.52. The number of nitrogens with two attached hydrogens (primary N) is 1. The van der Waals surface area contributed by atoms with Gasteiger partial charge in [-0.1, -0.05) is 11.6 Å². The summed E-state index contributed by atoms with van der Waals surface area (Å²) in [6.45, 7) is 5.36. The van der Waals surface area contributed by atoms with Crippen molar-refractivity contribution in [3.63, 3.8) is 0 Å². The highest BCUT2D eigenvalue weighted by atomic mass is 35.5. The van der Waals surface area contributed by atoms with Gasteiger partial charge in [0.1, 0.15) is 0 Å². The molecule has 0 aromatic heterocycles. The van der Waals surface area contributed by atoms with Gasteiger partial charge < -0.3 is 16.0 Å². The molecule has 1 aliphatic heterocycles. The van der Waals surface area contributed by atoms with E-state index in [0.717, 1.165) is 36.3 Å². The number of carbonyl (C=O) groups excluding carboxylic acids is 1. The van der Waals surface area contributed by atoms with Crippen LogP contribution < -0.4 is 16.0 Å². The number of nitrogens with zero attached hydrogens (tertiary/aromatic N) is 1. The van der Waals surface area contributed by atoms with E-state index in [2.05, 4.69) is 22.3 Å². The number of amides is 1. The molecule has 0 bridgehead atoms. The Morgan fingerprint density at radius 2 is 1.95 bits per heavy atom. The first-order valence-electron chi connectivity index (χ1n) is 7.06. The molecular weight excluding hydrogens is 309 g/mol. The highest BCUT2D eigenvalue weighted by molar-refractivity contribution is 6.00. The molecule has 1 fully saturated rings. The smallest absolute Gasteiger partial charge is 0.253 e. The second-order valence-corrected chi connectivity index (χ2v) is 5.11. The summed E-state index contributed by atoms with van der Waals surface area (Å²) in [5.41, 5.74) is 8.42. The van der Waals surface area contributed by atoms with E-state index < -0.39 is 0 Å². The molecular formula is C15H25Cl2N3O. The molecule has 1 amide bonds. The van der Waals surface area contributed by atoms with E-state index in [4.69, 9.17) is 5.73 Å². The van der Waals surface area contributed by atoms with Gasteiger partial charge in [0.05, 0.1) is 5.56 Å². The van der Waals surface area contributed by atoms with Crippen LogP contribution in [0.3, 0.4) is 0 Å². The summed E-state index contributed by atoms with van der Waals surface area (Å²) in [4.78, 5) is 14.6. The minimum absolute atomic E-state index is 0. The summed E-state index contributed by atoms with van der Waals surface area (Å²) < 4.78 is 0. The molecule has 0 aliphatic carbocycles. The molecule has 3 N–H and O–H groups in total. The fraction of sp³-hybridized carbons (Fsp3) is 0.533. The number of hydrogen-bond donors (Lipinski definition) is 2. The highest BCUT2D eigenvalue weighted by Gasteiger charge is 2.19. The largest absolute Gasteiger partial charge is 0.371 e. The molecule has 1 aromatic carbocycles. The Balaban J connectivity index is 0.00000200. The summed E-state index contributed by atoms with van der Waals surface area (Å²) in [5.74, 6) is 0.0130. The van der Waals surface area contributed by atoms with E-state index in [9.17, 15) is 4.79 Å². The molecule has 1 saturated heterocycles. The van der Waals surface area contributed by atoms with Crippen molar-refractivity contribution in [2.75, 3.05) is 31.1 Å². The molecule has 120 valence electrons. The number of nitrogens with one attached hydrogen (secondary N) is 1. The Hall–Kier alpha value is -0.970. The maximum atomic E-state index is 12.3. The zero-order valence-corrected chi connectivity index (χ0v) is 14.1. The van der Waals surface area contributed by atoms with Crippen LogP contribution in [-0.4, -0.2) is 32.1 Å². The molecule has 21 heavy (non-hydrogen) atoms. The molecule has 1 aromatic rings. The van der Waals surface area contributed by atoms with Crippen LogP contribution in [-0.2, 0) is 0 Å². The first-order chi connectivity index (χ1) is 9.22. The molecule has 2 rings (SSSR count). The lowest BCUT2D eigenvalue weighted by Gasteiger charge is -2.21. The summed E-state index contributed by atoms with van der Waals surface area (Å²) in [6, 6.07) is 6.12. The fourth-order valence-electron chi connectivity index (χ4n) is 2.46. The summed E-state index contributed by atoms with van der Waals surface area (Å²) in [7, 11) is 0. The Morgan fingerprint density at radius 3 is 2.57 bits per heavy atom. The highest BCUT2D eigenvalue weighted by Crippen LogP contribution is 2.25. The maximum Gasteiger partial charge on any atom is 0.253 e. The second kappa shape index (κ2) is 9.87. The molecule has 6 heteroatoms. The third-order valence-electron chi connectivity index (χ3n) is 3.51. The first kappa shape index (κ1) is 20.0. The lowest BCUT2D eigenvalue weighted by atomic mass is 10.1. The van der Waals surface area contributed by atoms with Crippen LogP contribution in [0.2, 0.25) is 0 Å². The van der Waals surface area contributed by atoms with E-state index in [0.29, 0.717) is 13.1 Å². The van der Waals surface area contributed by atoms with Gasteiger partial charge >= 0.3 is 0 Å². The van der Waals surface area contributed by atoms with Crippen LogP contribution in [0.4, 0.5) is 5.69 Å². The van der Waals surface area contributed by atoms with Gasteiger partial charge in [-0.15, -0.1) is 24.8 Å². The number of halogens is 2. The second-order valence-electron chi connectivity index (χ2n) is 5.11. The Labute approximate surface area is 139 Å². The Bertz CT molecular complexity index is 449. The monoisotopic (exact) mass is 333 g/mol. The van der Waals surface area contributed by atoms with Crippen LogP contribution in [0.15, 0.2) is 18.2 Å². The van der Waals surface area contributed by atoms with Crippen LogP contribution in [0, 0.1) is 6.92 Å². The fourth-order valence-corrected chi connectivity index (χ4v) is 2.46. The zero-order chi connectivity index (χ0) is 13.7. The number of aryl methyl sites for hydroxylation is 1. The minimum atomic E-state index is 0. The molecule has 4 nitrogen and oxygen atoms in total. The van der Waals surface area contributed by atoms with Gasteiger partial charge in [-0.05, 0) is 44.9 Å². The van der Waals surface area contributed by atoms with E-state index >= 15 is 0 Å². The van der Waals surface area contributed by atoms with E-state index in [1.165, 1.54) is 12.8 Å². The maximum absolute atomic E-state index is 12.3. The van der Waals surface area contributed by atoms with Crippen LogP contribution >= 0.6 is 24.8 Å². The minimum Gasteiger partial charge on any atom is -0.371 e. The molecule has 1 heterocycles. The van der Waals surface area contributed by atoms with Crippen molar-refractivity contribution in [2.45, 2.75) is 26.2 Å². The topological polar surface area (TPSA) is 58.4 Å². The number of carbonyl (C=O) groups is 1. The van der Waals surface area contributed by atoms with Crippen molar-refractivity contribution in [1.82, 2.24) is 5.32 Å². The lowest BCUT2D eigenvalue weighted by molar-refractivity contribution is 0.0954. The van der Waals surface area contributed by atoms with Gasteiger partial charge in [0.15, 0.2) is 0 Å². The first-order valence-corrected chi connectivity index (χ1v) is 7.06. The third kappa shape index (κ3) is 5.38. The van der Waals surface area contributed by atoms with Crippen molar-refractivity contribution in [2.24, 2.45) is 5.73 Å². The molecule has 0 saturated carbocycles. The summed E-state index contributed by atoms with van der Waals surface area (Å²) in [6.07, 6.45) is 3.24. The number of anilines is 1. The van der Waals surface area contributed by atoms with E-state index in [1.807, 2.05) is 13.0 Å². The summed E-state index contributed by atoms with van der Waals surface area (Å²) >= 11 is 0. The van der Waals surface area contributed by atoms with Gasteiger partial charge in [0.25, 0.3) is 5.91 Å². The third-order valence-corrected chi connectivity index (χ3v) is 3.51. The van der Waals surface area contributed by atoms with E-state index in [-0.39, 0.29) is 30.7 Å². The number of rotatable bonds is 5. The molecule has 1 aliphatic rings. The van der Waals surface area contributed by atoms with Crippen molar-refractivity contribution < 1.29 is 4.79 Å². The lowest BCUT2D eigenvalue weighted by Crippen LogP contribution is -2.29. The van der Waals surface area contributed by atoms with Gasteiger partial charge in [-0.3, -0.25) is 4.79 Å². The standard InChI is InChI=1S/C15H23N3O.2ClH/c1-12-5-6-14(18-9-2-3-10-18)13(11-12)15(19)17-8-4-7-16;;/h5-6,11H,2-4,7-10,16H2,1H3,(H,17,19);2*1H. The molecule has 0 radical (unpaired) electrons. The molecule has 0 atom stereocenters. The van der Waals surface area contributed by atoms with Crippen molar-refractivity contribution in [3.8, 4) is 0 Å². The quantitative estimate of drug-likeness (QED) is 0.814. The van der Waals surface area contributed by atoms with Gasteiger partial charge in [-0.2, -0.15) is 0 Å². The van der Waals surface area contributed by atoms with E-state index in [1.54, 1.807) is 0 Å². The van der Waals surface area contributed by atoms with Gasteiger partial charge in [0, 0.05) is 25.3 Å². The van der Waals surface area contributed by atoms with Gasteiger partial charge in [-0.25, -0.2) is 0 Å². The van der Waals surface area contributed by atoms with Crippen molar-refractivity contribution >= 4 is 36.4 Å². The van der Waals surface area contributed by atoms with Crippen LogP contribution in [0.1, 0.15) is 35.2 Å². The van der Waals surface area contributed by atoms with Crippen molar-refractivity contribution in [1.29, 1.82) is 0 Å². The van der Waals surface area contributed by atoms with Crippen LogP contribution in [0.5, 0.6) is 0 Å². The average molecular weight is 334 g/mol. The number of hydrogen-bond acceptors (Lipinski definition) is 3. The predicted molar refractivity (Wildman–Crippen MR) is 93.1 cm³/mol. The Kier molecular flexibility index (Phi) is 9.42. The molecule has 0 unspecified atom stereocenters. The van der Waals surface area contributed by atoms with Crippen molar-refractivity contribution in [3.05, 3.63) is 29.3 Å². The normalized spacial score (nSPS) is 13.3. The SMILES string of the molecule is Cc1ccc(N2CCCC2)c(C(=O)NCCCN)c1.Cl.Cl. The van der Waals surface area contributed by atoms with Crippen LogP contribution in [0.25, 0.3) is 0 Å². The zero-order valence-electron chi connectivity index (χ0n) is 12.4. The average Bonchev–Trinajstić information content (AvgIpc) is 2.92. The molecule has 0 spiro atoms.